The number of amides is 1. The van der Waals surface area contributed by atoms with E-state index in [4.69, 9.17) is 5.73 Å². The average molecular weight is 282 g/mol. The predicted molar refractivity (Wildman–Crippen MR) is 87.4 cm³/mol. The molecule has 0 heterocycles. The number of carbonyl (C=O) groups excluding carboxylic acids is 1. The molecule has 21 heavy (non-hydrogen) atoms. The van der Waals surface area contributed by atoms with Crippen molar-refractivity contribution in [3.05, 3.63) is 65.2 Å². The highest BCUT2D eigenvalue weighted by Gasteiger charge is 2.10. The Morgan fingerprint density at radius 2 is 1.86 bits per heavy atom. The van der Waals surface area contributed by atoms with Gasteiger partial charge in [0.2, 0.25) is 5.91 Å². The fourth-order valence-corrected chi connectivity index (χ4v) is 2.37. The summed E-state index contributed by atoms with van der Waals surface area (Å²) in [5, 5.41) is 3.47. The third-order valence-corrected chi connectivity index (χ3v) is 3.69. The highest BCUT2D eigenvalue weighted by atomic mass is 16.1. The molecule has 0 aliphatic heterocycles. The number of rotatable bonds is 6. The van der Waals surface area contributed by atoms with Crippen LogP contribution in [0, 0.1) is 0 Å². The summed E-state index contributed by atoms with van der Waals surface area (Å²) >= 11 is 0. The Hall–Kier alpha value is -2.29. The number of hydrogen-bond donors (Lipinski definition) is 2. The smallest absolute Gasteiger partial charge is 0.248 e. The monoisotopic (exact) mass is 282 g/mol. The molecule has 1 amide bonds. The Kier molecular flexibility index (Phi) is 4.99. The van der Waals surface area contributed by atoms with Gasteiger partial charge >= 0.3 is 0 Å². The van der Waals surface area contributed by atoms with E-state index in [9.17, 15) is 4.79 Å². The summed E-state index contributed by atoms with van der Waals surface area (Å²) in [5.41, 5.74) is 9.35. The highest BCUT2D eigenvalue weighted by molar-refractivity contribution is 5.93. The average Bonchev–Trinajstić information content (AvgIpc) is 2.53. The predicted octanol–water partition coefficient (Wildman–Crippen LogP) is 3.91. The maximum Gasteiger partial charge on any atom is 0.248 e. The van der Waals surface area contributed by atoms with E-state index in [2.05, 4.69) is 43.4 Å². The van der Waals surface area contributed by atoms with Gasteiger partial charge in [-0.1, -0.05) is 44.2 Å². The maximum atomic E-state index is 11.2. The molecule has 0 fully saturated rings. The van der Waals surface area contributed by atoms with Crippen molar-refractivity contribution < 1.29 is 4.79 Å². The quantitative estimate of drug-likeness (QED) is 0.844. The van der Waals surface area contributed by atoms with Crippen LogP contribution in [0.1, 0.15) is 47.8 Å². The zero-order chi connectivity index (χ0) is 15.2. The number of nitrogens with two attached hydrogens (primary N) is 1. The van der Waals surface area contributed by atoms with E-state index >= 15 is 0 Å². The first-order valence-corrected chi connectivity index (χ1v) is 7.39. The van der Waals surface area contributed by atoms with Crippen LogP contribution in [0.4, 0.5) is 5.69 Å². The zero-order valence-electron chi connectivity index (χ0n) is 12.6. The van der Waals surface area contributed by atoms with Gasteiger partial charge in [0.05, 0.1) is 6.04 Å². The number of aryl methyl sites for hydroxylation is 1. The van der Waals surface area contributed by atoms with Crippen LogP contribution in [0.3, 0.4) is 0 Å². The van der Waals surface area contributed by atoms with E-state index in [0.29, 0.717) is 5.56 Å². The van der Waals surface area contributed by atoms with Crippen LogP contribution in [-0.4, -0.2) is 5.91 Å². The third kappa shape index (κ3) is 3.85. The number of carbonyl (C=O) groups is 1. The molecule has 0 aliphatic carbocycles. The van der Waals surface area contributed by atoms with E-state index in [-0.39, 0.29) is 6.04 Å². The molecular formula is C18H22N2O. The molecule has 0 aromatic heterocycles. The Bertz CT molecular complexity index is 605. The number of nitrogens with one attached hydrogen (secondary N) is 1. The molecule has 0 saturated heterocycles. The van der Waals surface area contributed by atoms with Gasteiger partial charge in [-0.15, -0.1) is 0 Å². The molecule has 0 saturated carbocycles. The molecule has 3 heteroatoms. The van der Waals surface area contributed by atoms with Gasteiger partial charge in [0.15, 0.2) is 0 Å². The van der Waals surface area contributed by atoms with E-state index in [1.54, 1.807) is 12.1 Å². The lowest BCUT2D eigenvalue weighted by Crippen LogP contribution is -2.13. The molecule has 2 aromatic rings. The summed E-state index contributed by atoms with van der Waals surface area (Å²) in [6, 6.07) is 16.2. The molecule has 2 aromatic carbocycles. The topological polar surface area (TPSA) is 55.1 Å². The largest absolute Gasteiger partial charge is 0.378 e. The number of anilines is 1. The summed E-state index contributed by atoms with van der Waals surface area (Å²) < 4.78 is 0. The SMILES string of the molecule is CCc1ccc(C(CC)Nc2cccc(C(N)=O)c2)cc1. The third-order valence-electron chi connectivity index (χ3n) is 3.69. The minimum absolute atomic E-state index is 0.221. The Morgan fingerprint density at radius 3 is 2.43 bits per heavy atom. The van der Waals surface area contributed by atoms with Gasteiger partial charge in [0.25, 0.3) is 0 Å². The van der Waals surface area contributed by atoms with Gasteiger partial charge in [-0.2, -0.15) is 0 Å². The molecule has 3 N–H and O–H groups in total. The first-order valence-electron chi connectivity index (χ1n) is 7.39. The fourth-order valence-electron chi connectivity index (χ4n) is 2.37. The van der Waals surface area contributed by atoms with Gasteiger partial charge in [0, 0.05) is 11.3 Å². The first kappa shape index (κ1) is 15.1. The molecule has 0 bridgehead atoms. The summed E-state index contributed by atoms with van der Waals surface area (Å²) in [5.74, 6) is -0.404. The lowest BCUT2D eigenvalue weighted by Gasteiger charge is -2.19. The van der Waals surface area contributed by atoms with Crippen molar-refractivity contribution in [1.82, 2.24) is 0 Å². The summed E-state index contributed by atoms with van der Waals surface area (Å²) in [6.07, 6.45) is 2.01. The van der Waals surface area contributed by atoms with Gasteiger partial charge in [0.1, 0.15) is 0 Å². The Labute approximate surface area is 126 Å². The van der Waals surface area contributed by atoms with Crippen molar-refractivity contribution in [2.75, 3.05) is 5.32 Å². The van der Waals surface area contributed by atoms with E-state index < -0.39 is 5.91 Å². The van der Waals surface area contributed by atoms with Crippen LogP contribution in [0.15, 0.2) is 48.5 Å². The van der Waals surface area contributed by atoms with Gasteiger partial charge in [-0.05, 0) is 42.2 Å². The zero-order valence-corrected chi connectivity index (χ0v) is 12.6. The van der Waals surface area contributed by atoms with Crippen LogP contribution in [0.2, 0.25) is 0 Å². The van der Waals surface area contributed by atoms with Gasteiger partial charge < -0.3 is 11.1 Å². The molecule has 3 nitrogen and oxygen atoms in total. The fraction of sp³-hybridized carbons (Fsp3) is 0.278. The van der Waals surface area contributed by atoms with Crippen molar-refractivity contribution >= 4 is 11.6 Å². The van der Waals surface area contributed by atoms with Crippen LogP contribution in [0.5, 0.6) is 0 Å². The second-order valence-electron chi connectivity index (χ2n) is 5.15. The second kappa shape index (κ2) is 6.93. The summed E-state index contributed by atoms with van der Waals surface area (Å²) in [6.45, 7) is 4.29. The molecule has 1 unspecified atom stereocenters. The molecule has 2 rings (SSSR count). The van der Waals surface area contributed by atoms with Crippen molar-refractivity contribution in [3.8, 4) is 0 Å². The number of benzene rings is 2. The van der Waals surface area contributed by atoms with Crippen molar-refractivity contribution in [2.45, 2.75) is 32.7 Å². The van der Waals surface area contributed by atoms with Crippen molar-refractivity contribution in [3.63, 3.8) is 0 Å². The summed E-state index contributed by atoms with van der Waals surface area (Å²) in [7, 11) is 0. The maximum absolute atomic E-state index is 11.2. The second-order valence-corrected chi connectivity index (χ2v) is 5.15. The molecule has 0 aliphatic rings. The number of primary amides is 1. The molecule has 110 valence electrons. The Morgan fingerprint density at radius 1 is 1.14 bits per heavy atom. The van der Waals surface area contributed by atoms with Gasteiger partial charge in [-0.3, -0.25) is 4.79 Å². The number of hydrogen-bond acceptors (Lipinski definition) is 2. The van der Waals surface area contributed by atoms with Crippen molar-refractivity contribution in [1.29, 1.82) is 0 Å². The van der Waals surface area contributed by atoms with E-state index in [1.165, 1.54) is 11.1 Å². The van der Waals surface area contributed by atoms with E-state index in [1.807, 2.05) is 12.1 Å². The molecule has 0 spiro atoms. The van der Waals surface area contributed by atoms with Crippen LogP contribution >= 0.6 is 0 Å². The van der Waals surface area contributed by atoms with Crippen LogP contribution < -0.4 is 11.1 Å². The van der Waals surface area contributed by atoms with Gasteiger partial charge in [-0.25, -0.2) is 0 Å². The molecule has 0 radical (unpaired) electrons. The minimum atomic E-state index is -0.404. The molecular weight excluding hydrogens is 260 g/mol. The minimum Gasteiger partial charge on any atom is -0.378 e. The van der Waals surface area contributed by atoms with Crippen molar-refractivity contribution in [2.24, 2.45) is 5.73 Å². The normalized spacial score (nSPS) is 11.9. The summed E-state index contributed by atoms with van der Waals surface area (Å²) in [4.78, 5) is 11.2. The lowest BCUT2D eigenvalue weighted by molar-refractivity contribution is 0.100. The standard InChI is InChI=1S/C18H22N2O/c1-3-13-8-10-14(11-9-13)17(4-2)20-16-7-5-6-15(12-16)18(19)21/h5-12,17,20H,3-4H2,1-2H3,(H2,19,21). The first-order chi connectivity index (χ1) is 10.1. The lowest BCUT2D eigenvalue weighted by atomic mass is 10.0. The Balaban J connectivity index is 2.18. The van der Waals surface area contributed by atoms with Crippen LogP contribution in [0.25, 0.3) is 0 Å². The molecule has 1 atom stereocenters. The van der Waals surface area contributed by atoms with E-state index in [0.717, 1.165) is 18.5 Å². The highest BCUT2D eigenvalue weighted by Crippen LogP contribution is 2.23. The van der Waals surface area contributed by atoms with Crippen LogP contribution in [-0.2, 0) is 6.42 Å².